The fourth-order valence-electron chi connectivity index (χ4n) is 3.50. The maximum atomic E-state index is 13.9. The Balaban J connectivity index is 1.65. The number of aryl methyl sites for hydroxylation is 1. The van der Waals surface area contributed by atoms with Crippen molar-refractivity contribution >= 4 is 49.0 Å². The smallest absolute Gasteiger partial charge is 0.259 e. The molecule has 2 aromatic heterocycles. The molecule has 1 aromatic carbocycles. The van der Waals surface area contributed by atoms with Crippen LogP contribution in [0.15, 0.2) is 24.5 Å². The van der Waals surface area contributed by atoms with Gasteiger partial charge in [-0.3, -0.25) is 4.79 Å². The molecular weight excluding hydrogens is 445 g/mol. The maximum absolute atomic E-state index is 13.9. The number of fused-ring (bicyclic) bond motifs is 1. The monoisotopic (exact) mass is 465 g/mol. The van der Waals surface area contributed by atoms with Crippen LogP contribution < -0.4 is 15.8 Å². The summed E-state index contributed by atoms with van der Waals surface area (Å²) in [7, 11) is -3.32. The summed E-state index contributed by atoms with van der Waals surface area (Å²) < 4.78 is 44.7. The highest BCUT2D eigenvalue weighted by Crippen LogP contribution is 2.37. The van der Waals surface area contributed by atoms with E-state index in [1.54, 1.807) is 6.92 Å². The van der Waals surface area contributed by atoms with Crippen LogP contribution in [0.25, 0.3) is 10.2 Å². The molecule has 9 nitrogen and oxygen atoms in total. The average molecular weight is 466 g/mol. The van der Waals surface area contributed by atoms with E-state index in [9.17, 15) is 17.6 Å². The lowest BCUT2D eigenvalue weighted by Crippen LogP contribution is -2.30. The Kier molecular flexibility index (Phi) is 5.54. The summed E-state index contributed by atoms with van der Waals surface area (Å²) in [6, 6.07) is 4.03. The van der Waals surface area contributed by atoms with Crippen LogP contribution in [-0.2, 0) is 10.0 Å². The number of anilines is 2. The molecule has 3 heterocycles. The molecule has 1 saturated heterocycles. The fourth-order valence-corrected chi connectivity index (χ4v) is 5.38. The Morgan fingerprint density at radius 2 is 2.16 bits per heavy atom. The first-order valence-electron chi connectivity index (χ1n) is 9.35. The summed E-state index contributed by atoms with van der Waals surface area (Å²) in [5.74, 6) is -0.384. The highest BCUT2D eigenvalue weighted by Gasteiger charge is 2.30. The van der Waals surface area contributed by atoms with Gasteiger partial charge in [-0.1, -0.05) is 0 Å². The Morgan fingerprint density at radius 1 is 1.39 bits per heavy atom. The molecule has 0 spiro atoms. The Morgan fingerprint density at radius 3 is 2.84 bits per heavy atom. The van der Waals surface area contributed by atoms with Gasteiger partial charge in [-0.25, -0.2) is 22.8 Å². The third-order valence-corrected chi connectivity index (χ3v) is 7.50. The highest BCUT2D eigenvalue weighted by atomic mass is 32.2. The molecule has 0 bridgehead atoms. The lowest BCUT2D eigenvalue weighted by atomic mass is 10.2. The first-order valence-corrected chi connectivity index (χ1v) is 12.0. The lowest BCUT2D eigenvalue weighted by molar-refractivity contribution is 0.100. The predicted octanol–water partition coefficient (Wildman–Crippen LogP) is 2.39. The van der Waals surface area contributed by atoms with Crippen molar-refractivity contribution < 1.29 is 22.3 Å². The van der Waals surface area contributed by atoms with Crippen LogP contribution in [0.5, 0.6) is 5.75 Å². The van der Waals surface area contributed by atoms with Crippen LogP contribution >= 0.6 is 11.3 Å². The summed E-state index contributed by atoms with van der Waals surface area (Å²) in [6.45, 7) is 2.30. The van der Waals surface area contributed by atoms with Crippen molar-refractivity contribution in [1.29, 1.82) is 0 Å². The normalized spacial score (nSPS) is 17.2. The molecule has 1 aliphatic heterocycles. The Labute approximate surface area is 182 Å². The number of primary amides is 1. The molecule has 0 saturated carbocycles. The van der Waals surface area contributed by atoms with E-state index in [1.165, 1.54) is 40.2 Å². The van der Waals surface area contributed by atoms with Crippen LogP contribution in [0.4, 0.5) is 15.9 Å². The molecule has 1 unspecified atom stereocenters. The molecule has 1 aliphatic rings. The number of aromatic nitrogens is 2. The summed E-state index contributed by atoms with van der Waals surface area (Å²) in [5, 5.41) is 3.77. The SMILES string of the molecule is Cc1c(C(N)=O)sc2ncnc(Nc3ccc(F)cc3OC3CCN(S(C)(=O)=O)C3)c12. The minimum absolute atomic E-state index is 0.193. The van der Waals surface area contributed by atoms with E-state index in [2.05, 4.69) is 15.3 Å². The molecular formula is C19H20FN5O4S2. The largest absolute Gasteiger partial charge is 0.487 e. The van der Waals surface area contributed by atoms with E-state index in [0.717, 1.165) is 6.26 Å². The second-order valence-corrected chi connectivity index (χ2v) is 10.2. The number of rotatable bonds is 6. The van der Waals surface area contributed by atoms with E-state index < -0.39 is 27.9 Å². The number of ether oxygens (including phenoxy) is 1. The lowest BCUT2D eigenvalue weighted by Gasteiger charge is -2.18. The number of nitrogens with one attached hydrogen (secondary N) is 1. The van der Waals surface area contributed by atoms with E-state index >= 15 is 0 Å². The van der Waals surface area contributed by atoms with Gasteiger partial charge in [-0.2, -0.15) is 4.31 Å². The molecule has 1 atom stereocenters. The van der Waals surface area contributed by atoms with Crippen LogP contribution in [-0.4, -0.2) is 54.0 Å². The number of nitrogens with two attached hydrogens (primary N) is 1. The standard InChI is InChI=1S/C19H20FN5O4S2/c1-10-15-18(22-9-23-19(15)30-16(10)17(21)26)24-13-4-3-11(20)7-14(13)29-12-5-6-25(8-12)31(2,27)28/h3-4,7,9,12H,5-6,8H2,1-2H3,(H2,21,26)(H,22,23,24). The molecule has 0 radical (unpaired) electrons. The van der Waals surface area contributed by atoms with Crippen LogP contribution in [0.1, 0.15) is 21.7 Å². The maximum Gasteiger partial charge on any atom is 0.259 e. The van der Waals surface area contributed by atoms with Gasteiger partial charge in [0, 0.05) is 12.6 Å². The molecule has 3 aromatic rings. The number of hydrogen-bond acceptors (Lipinski definition) is 8. The van der Waals surface area contributed by atoms with Gasteiger partial charge < -0.3 is 15.8 Å². The zero-order valence-corrected chi connectivity index (χ0v) is 18.4. The highest BCUT2D eigenvalue weighted by molar-refractivity contribution is 7.88. The number of nitrogens with zero attached hydrogens (tertiary/aromatic N) is 3. The van der Waals surface area contributed by atoms with Crippen molar-refractivity contribution in [2.75, 3.05) is 24.7 Å². The van der Waals surface area contributed by atoms with E-state index in [0.29, 0.717) is 45.1 Å². The van der Waals surface area contributed by atoms with Crippen molar-refractivity contribution in [3.05, 3.63) is 40.8 Å². The number of hydrogen-bond donors (Lipinski definition) is 2. The summed E-state index contributed by atoms with van der Waals surface area (Å²) in [4.78, 5) is 21.2. The molecule has 31 heavy (non-hydrogen) atoms. The molecule has 3 N–H and O–H groups in total. The zero-order valence-electron chi connectivity index (χ0n) is 16.8. The molecule has 1 fully saturated rings. The van der Waals surface area contributed by atoms with Crippen molar-refractivity contribution in [2.45, 2.75) is 19.4 Å². The van der Waals surface area contributed by atoms with Gasteiger partial charge in [-0.15, -0.1) is 11.3 Å². The van der Waals surface area contributed by atoms with Crippen molar-refractivity contribution in [1.82, 2.24) is 14.3 Å². The molecule has 1 amide bonds. The number of carbonyl (C=O) groups is 1. The summed E-state index contributed by atoms with van der Waals surface area (Å²) in [5.41, 5.74) is 6.55. The van der Waals surface area contributed by atoms with Crippen molar-refractivity contribution in [2.24, 2.45) is 5.73 Å². The summed E-state index contributed by atoms with van der Waals surface area (Å²) in [6.07, 6.45) is 2.59. The third-order valence-electron chi connectivity index (χ3n) is 5.02. The molecule has 164 valence electrons. The molecule has 12 heteroatoms. The van der Waals surface area contributed by atoms with Gasteiger partial charge in [0.2, 0.25) is 10.0 Å². The third kappa shape index (κ3) is 4.31. The number of halogens is 1. The van der Waals surface area contributed by atoms with Crippen molar-refractivity contribution in [3.63, 3.8) is 0 Å². The number of thiophene rings is 1. The van der Waals surface area contributed by atoms with E-state index in [4.69, 9.17) is 10.5 Å². The van der Waals surface area contributed by atoms with Gasteiger partial charge in [-0.05, 0) is 31.0 Å². The van der Waals surface area contributed by atoms with Gasteiger partial charge >= 0.3 is 0 Å². The second kappa shape index (κ2) is 8.02. The number of amides is 1. The topological polar surface area (TPSA) is 128 Å². The minimum Gasteiger partial charge on any atom is -0.487 e. The molecule has 0 aliphatic carbocycles. The number of sulfonamides is 1. The van der Waals surface area contributed by atoms with Crippen LogP contribution in [0, 0.1) is 12.7 Å². The zero-order chi connectivity index (χ0) is 22.3. The quantitative estimate of drug-likeness (QED) is 0.572. The summed E-state index contributed by atoms with van der Waals surface area (Å²) >= 11 is 1.17. The Bertz CT molecular complexity index is 1280. The van der Waals surface area contributed by atoms with Crippen LogP contribution in [0.3, 0.4) is 0 Å². The van der Waals surface area contributed by atoms with Gasteiger partial charge in [0.1, 0.15) is 34.6 Å². The van der Waals surface area contributed by atoms with Crippen molar-refractivity contribution in [3.8, 4) is 5.75 Å². The Hall–Kier alpha value is -2.83. The van der Waals surface area contributed by atoms with Crippen LogP contribution in [0.2, 0.25) is 0 Å². The minimum atomic E-state index is -3.32. The predicted molar refractivity (Wildman–Crippen MR) is 116 cm³/mol. The van der Waals surface area contributed by atoms with E-state index in [1.807, 2.05) is 0 Å². The van der Waals surface area contributed by atoms with E-state index in [-0.39, 0.29) is 12.3 Å². The first-order chi connectivity index (χ1) is 14.6. The fraction of sp³-hybridized carbons (Fsp3) is 0.316. The van der Waals surface area contributed by atoms with Gasteiger partial charge in [0.15, 0.2) is 0 Å². The van der Waals surface area contributed by atoms with Gasteiger partial charge in [0.05, 0.1) is 28.8 Å². The first kappa shape index (κ1) is 21.4. The molecule has 4 rings (SSSR count). The number of benzene rings is 1. The average Bonchev–Trinajstić information content (AvgIpc) is 3.29. The van der Waals surface area contributed by atoms with Gasteiger partial charge in [0.25, 0.3) is 5.91 Å². The second-order valence-electron chi connectivity index (χ2n) is 7.24. The number of carbonyl (C=O) groups excluding carboxylic acids is 1.